The fourth-order valence-electron chi connectivity index (χ4n) is 2.07. The predicted molar refractivity (Wildman–Crippen MR) is 76.6 cm³/mol. The third-order valence-electron chi connectivity index (χ3n) is 3.84. The third-order valence-corrected chi connectivity index (χ3v) is 16.0. The Labute approximate surface area is 105 Å². The van der Waals surface area contributed by atoms with Gasteiger partial charge in [0.05, 0.1) is 0 Å². The quantitative estimate of drug-likeness (QED) is 0.662. The molecule has 0 aliphatic heterocycles. The van der Waals surface area contributed by atoms with Gasteiger partial charge < -0.3 is 0 Å². The molecule has 1 atom stereocenters. The summed E-state index contributed by atoms with van der Waals surface area (Å²) in [5, 5.41) is 0. The molecule has 0 aliphatic carbocycles. The van der Waals surface area contributed by atoms with Crippen LogP contribution >= 0.6 is 0 Å². The molecule has 1 rings (SSSR count). The maximum absolute atomic E-state index is 2.61. The van der Waals surface area contributed by atoms with Gasteiger partial charge in [-0.3, -0.25) is 0 Å². The zero-order chi connectivity index (χ0) is 12.2. The van der Waals surface area contributed by atoms with E-state index >= 15 is 0 Å². The van der Waals surface area contributed by atoms with E-state index in [1.54, 1.807) is 5.56 Å². The van der Waals surface area contributed by atoms with Crippen molar-refractivity contribution in [3.8, 4) is 0 Å². The molecule has 0 aliphatic rings. The Morgan fingerprint density at radius 2 is 1.56 bits per heavy atom. The molecule has 0 radical (unpaired) electrons. The van der Waals surface area contributed by atoms with Crippen LogP contribution in [0, 0.1) is 5.92 Å². The van der Waals surface area contributed by atoms with E-state index < -0.39 is 18.4 Å². The molecule has 90 valence electrons. The van der Waals surface area contributed by atoms with Crippen molar-refractivity contribution < 1.29 is 0 Å². The van der Waals surface area contributed by atoms with Crippen molar-refractivity contribution in [1.82, 2.24) is 0 Å². The number of hydrogen-bond donors (Lipinski definition) is 0. The molecule has 0 saturated carbocycles. The molecule has 0 spiro atoms. The van der Waals surface area contributed by atoms with E-state index in [9.17, 15) is 0 Å². The number of benzene rings is 1. The molecule has 1 unspecified atom stereocenters. The number of rotatable bonds is 5. The fraction of sp³-hybridized carbons (Fsp3) is 0.600. The van der Waals surface area contributed by atoms with Gasteiger partial charge in [-0.1, -0.05) is 0 Å². The van der Waals surface area contributed by atoms with Crippen LogP contribution in [0.2, 0.25) is 14.3 Å². The van der Waals surface area contributed by atoms with Crippen LogP contribution in [0.15, 0.2) is 30.3 Å². The summed E-state index contributed by atoms with van der Waals surface area (Å²) < 4.78 is 2.36. The molecular formula is C15H26Sn. The summed E-state index contributed by atoms with van der Waals surface area (Å²) >= 11 is -1.88. The van der Waals surface area contributed by atoms with Gasteiger partial charge in [-0.15, -0.1) is 0 Å². The van der Waals surface area contributed by atoms with Gasteiger partial charge in [0, 0.05) is 0 Å². The van der Waals surface area contributed by atoms with Gasteiger partial charge >= 0.3 is 106 Å². The first-order valence-electron chi connectivity index (χ1n) is 6.48. The normalized spacial score (nSPS) is 14.1. The van der Waals surface area contributed by atoms with Crippen LogP contribution in [0.4, 0.5) is 0 Å². The van der Waals surface area contributed by atoms with Crippen molar-refractivity contribution in [3.63, 3.8) is 0 Å². The van der Waals surface area contributed by atoms with Gasteiger partial charge in [0.25, 0.3) is 0 Å². The topological polar surface area (TPSA) is 0 Å². The van der Waals surface area contributed by atoms with Crippen molar-refractivity contribution in [2.75, 3.05) is 0 Å². The van der Waals surface area contributed by atoms with Crippen molar-refractivity contribution in [1.29, 1.82) is 0 Å². The maximum atomic E-state index is 2.61. The third kappa shape index (κ3) is 4.12. The molecule has 1 aromatic rings. The van der Waals surface area contributed by atoms with E-state index in [4.69, 9.17) is 0 Å². The molecule has 1 aromatic carbocycles. The van der Waals surface area contributed by atoms with Gasteiger partial charge in [0.1, 0.15) is 0 Å². The van der Waals surface area contributed by atoms with E-state index in [0.717, 1.165) is 9.85 Å². The molecule has 0 aromatic heterocycles. The molecule has 0 saturated heterocycles. The van der Waals surface area contributed by atoms with Crippen LogP contribution in [-0.2, 0) is 0 Å². The molecule has 0 fully saturated rings. The second-order valence-corrected chi connectivity index (χ2v) is 21.3. The Morgan fingerprint density at radius 3 is 2.06 bits per heavy atom. The van der Waals surface area contributed by atoms with E-state index in [1.807, 2.05) is 0 Å². The van der Waals surface area contributed by atoms with E-state index in [-0.39, 0.29) is 0 Å². The Kier molecular flexibility index (Phi) is 5.36. The van der Waals surface area contributed by atoms with Gasteiger partial charge in [0.15, 0.2) is 0 Å². The van der Waals surface area contributed by atoms with Gasteiger partial charge in [-0.2, -0.15) is 0 Å². The van der Waals surface area contributed by atoms with Gasteiger partial charge in [-0.25, -0.2) is 0 Å². The first-order chi connectivity index (χ1) is 7.43. The number of hydrogen-bond acceptors (Lipinski definition) is 0. The summed E-state index contributed by atoms with van der Waals surface area (Å²) in [6.45, 7) is 7.13. The van der Waals surface area contributed by atoms with Crippen LogP contribution in [0.5, 0.6) is 0 Å². The Hall–Kier alpha value is 0.0187. The SMILES string of the molecule is CC(C)C[CH2][Sn]([CH3])([CH3])[CH](C)c1ccccc1. The fourth-order valence-corrected chi connectivity index (χ4v) is 10.2. The first kappa shape index (κ1) is 14.1. The van der Waals surface area contributed by atoms with E-state index in [0.29, 0.717) is 0 Å². The second kappa shape index (κ2) is 6.09. The average molecular weight is 325 g/mol. The monoisotopic (exact) mass is 326 g/mol. The average Bonchev–Trinajstić information content (AvgIpc) is 2.27. The predicted octanol–water partition coefficient (Wildman–Crippen LogP) is 5.08. The van der Waals surface area contributed by atoms with Crippen LogP contribution in [0.25, 0.3) is 0 Å². The Balaban J connectivity index is 2.68. The van der Waals surface area contributed by atoms with E-state index in [1.165, 1.54) is 10.9 Å². The minimum absolute atomic E-state index is 0.842. The van der Waals surface area contributed by atoms with Crippen molar-refractivity contribution in [2.45, 2.75) is 45.4 Å². The standard InChI is InChI=1S/C8H9.C5H11.2CH3.Sn/c1-2-8-6-4-3-5-7-8;1-4-5(2)3;;;/h2-7H,1H3;5H,1,4H2,2-3H3;2*1H3;. The molecule has 0 heterocycles. The van der Waals surface area contributed by atoms with Crippen LogP contribution in [0.3, 0.4) is 0 Å². The minimum atomic E-state index is -1.88. The summed E-state index contributed by atoms with van der Waals surface area (Å²) in [4.78, 5) is 5.21. The van der Waals surface area contributed by atoms with Gasteiger partial charge in [-0.05, 0) is 0 Å². The van der Waals surface area contributed by atoms with Crippen molar-refractivity contribution in [3.05, 3.63) is 35.9 Å². The molecule has 16 heavy (non-hydrogen) atoms. The van der Waals surface area contributed by atoms with Crippen molar-refractivity contribution in [2.24, 2.45) is 5.92 Å². The zero-order valence-corrected chi connectivity index (χ0v) is 14.3. The second-order valence-electron chi connectivity index (χ2n) is 6.05. The zero-order valence-electron chi connectivity index (χ0n) is 11.5. The summed E-state index contributed by atoms with van der Waals surface area (Å²) in [5.41, 5.74) is 1.56. The first-order valence-corrected chi connectivity index (χ1v) is 15.9. The van der Waals surface area contributed by atoms with E-state index in [2.05, 4.69) is 61.0 Å². The van der Waals surface area contributed by atoms with Crippen molar-refractivity contribution >= 4 is 18.4 Å². The summed E-state index contributed by atoms with van der Waals surface area (Å²) in [6, 6.07) is 11.1. The summed E-state index contributed by atoms with van der Waals surface area (Å²) in [5.74, 6) is 0.860. The molecule has 0 N–H and O–H groups in total. The van der Waals surface area contributed by atoms with Crippen LogP contribution in [0.1, 0.15) is 36.7 Å². The summed E-state index contributed by atoms with van der Waals surface area (Å²) in [7, 11) is 0. The van der Waals surface area contributed by atoms with Crippen LogP contribution in [-0.4, -0.2) is 18.4 Å². The van der Waals surface area contributed by atoms with Crippen LogP contribution < -0.4 is 0 Å². The van der Waals surface area contributed by atoms with Gasteiger partial charge in [0.2, 0.25) is 0 Å². The Bertz CT molecular complexity index is 300. The molecule has 1 heteroatoms. The molecule has 0 amide bonds. The molecule has 0 nitrogen and oxygen atoms in total. The Morgan fingerprint density at radius 1 is 1.00 bits per heavy atom. The molecule has 0 bridgehead atoms. The molecular weight excluding hydrogens is 299 g/mol. The summed E-state index contributed by atoms with van der Waals surface area (Å²) in [6.07, 6.45) is 1.42.